The van der Waals surface area contributed by atoms with Crippen LogP contribution in [0.4, 0.5) is 4.79 Å². The summed E-state index contributed by atoms with van der Waals surface area (Å²) < 4.78 is 25.2. The number of ether oxygens (including phenoxy) is 2. The van der Waals surface area contributed by atoms with E-state index in [0.29, 0.717) is 33.7 Å². The molecule has 0 aliphatic rings. The first kappa shape index (κ1) is 29.6. The molecule has 0 spiro atoms. The highest BCUT2D eigenvalue weighted by atomic mass is 31.2. The van der Waals surface area contributed by atoms with Crippen molar-refractivity contribution in [2.24, 2.45) is 0 Å². The van der Waals surface area contributed by atoms with E-state index in [2.05, 4.69) is 11.9 Å². The van der Waals surface area contributed by atoms with Gasteiger partial charge in [-0.15, -0.1) is 0 Å². The number of nitrogens with one attached hydrogen (secondary N) is 1. The molecule has 3 rings (SSSR count). The summed E-state index contributed by atoms with van der Waals surface area (Å²) in [6, 6.07) is 21.3. The van der Waals surface area contributed by atoms with Gasteiger partial charge in [-0.05, 0) is 43.9 Å². The largest absolute Gasteiger partial charge is 0.460 e. The molecule has 39 heavy (non-hydrogen) atoms. The number of hydrogen-bond acceptors (Lipinski definition) is 6. The molecule has 3 aromatic carbocycles. The van der Waals surface area contributed by atoms with E-state index in [-0.39, 0.29) is 18.7 Å². The first-order valence-corrected chi connectivity index (χ1v) is 14.4. The van der Waals surface area contributed by atoms with Gasteiger partial charge in [-0.25, -0.2) is 9.59 Å². The maximum atomic E-state index is 14.6. The van der Waals surface area contributed by atoms with E-state index in [1.54, 1.807) is 81.4 Å². The number of carbonyl (C=O) groups is 3. The highest BCUT2D eigenvalue weighted by Gasteiger charge is 2.38. The SMILES string of the molecule is C=C(C)C(=O)OCCNC(=O)OC(CC)c1cc(C)c(C(=O)P(=O)(c2ccccc2)c2ccccc2)c(C)c1. The fraction of sp³-hybridized carbons (Fsp3) is 0.258. The maximum absolute atomic E-state index is 14.6. The molecule has 1 atom stereocenters. The number of rotatable bonds is 11. The zero-order valence-electron chi connectivity index (χ0n) is 22.7. The van der Waals surface area contributed by atoms with E-state index in [1.165, 1.54) is 0 Å². The molecule has 0 bridgehead atoms. The second kappa shape index (κ2) is 13.2. The van der Waals surface area contributed by atoms with Crippen molar-refractivity contribution >= 4 is 35.3 Å². The maximum Gasteiger partial charge on any atom is 0.407 e. The van der Waals surface area contributed by atoms with Gasteiger partial charge in [0.1, 0.15) is 12.7 Å². The lowest BCUT2D eigenvalue weighted by Crippen LogP contribution is -2.30. The quantitative estimate of drug-likeness (QED) is 0.142. The molecule has 1 N–H and O–H groups in total. The lowest BCUT2D eigenvalue weighted by molar-refractivity contribution is -0.138. The van der Waals surface area contributed by atoms with Gasteiger partial charge in [0.15, 0.2) is 0 Å². The average molecular weight is 548 g/mol. The van der Waals surface area contributed by atoms with Crippen LogP contribution < -0.4 is 15.9 Å². The van der Waals surface area contributed by atoms with E-state index < -0.39 is 30.8 Å². The third-order valence-electron chi connectivity index (χ3n) is 6.24. The number of alkyl carbamates (subject to hydrolysis) is 1. The van der Waals surface area contributed by atoms with Crippen LogP contribution in [0.1, 0.15) is 53.4 Å². The number of amides is 1. The molecule has 0 saturated heterocycles. The van der Waals surface area contributed by atoms with Crippen molar-refractivity contribution in [2.45, 2.75) is 40.2 Å². The van der Waals surface area contributed by atoms with Crippen LogP contribution in [-0.2, 0) is 18.8 Å². The molecule has 7 nitrogen and oxygen atoms in total. The highest BCUT2D eigenvalue weighted by Crippen LogP contribution is 2.48. The first-order chi connectivity index (χ1) is 18.6. The van der Waals surface area contributed by atoms with Crippen LogP contribution in [0.2, 0.25) is 0 Å². The third-order valence-corrected chi connectivity index (χ3v) is 9.09. The minimum absolute atomic E-state index is 0.00447. The molecule has 8 heteroatoms. The Morgan fingerprint density at radius 3 is 1.90 bits per heavy atom. The number of benzene rings is 3. The summed E-state index contributed by atoms with van der Waals surface area (Å²) in [6.07, 6.45) is -0.725. The summed E-state index contributed by atoms with van der Waals surface area (Å²) in [4.78, 5) is 37.9. The Bertz CT molecular complexity index is 1330. The van der Waals surface area contributed by atoms with E-state index >= 15 is 0 Å². The molecule has 0 heterocycles. The zero-order valence-corrected chi connectivity index (χ0v) is 23.6. The van der Waals surface area contributed by atoms with Crippen LogP contribution in [0.5, 0.6) is 0 Å². The van der Waals surface area contributed by atoms with Gasteiger partial charge in [-0.1, -0.05) is 86.3 Å². The van der Waals surface area contributed by atoms with Gasteiger partial charge in [0.25, 0.3) is 0 Å². The molecule has 0 aliphatic heterocycles. The van der Waals surface area contributed by atoms with Crippen molar-refractivity contribution < 1.29 is 28.4 Å². The summed E-state index contributed by atoms with van der Waals surface area (Å²) in [7, 11) is -3.66. The summed E-state index contributed by atoms with van der Waals surface area (Å²) in [5, 5.41) is 3.52. The van der Waals surface area contributed by atoms with E-state index in [0.717, 1.165) is 5.56 Å². The summed E-state index contributed by atoms with van der Waals surface area (Å²) in [6.45, 7) is 10.6. The molecule has 0 fully saturated rings. The van der Waals surface area contributed by atoms with Crippen molar-refractivity contribution in [3.8, 4) is 0 Å². The first-order valence-electron chi connectivity index (χ1n) is 12.7. The van der Waals surface area contributed by atoms with Crippen molar-refractivity contribution in [1.82, 2.24) is 5.32 Å². The van der Waals surface area contributed by atoms with Crippen LogP contribution in [0.25, 0.3) is 0 Å². The highest BCUT2D eigenvalue weighted by molar-refractivity contribution is 7.93. The molecule has 0 radical (unpaired) electrons. The molecule has 204 valence electrons. The standard InChI is InChI=1S/C31H34NO6P/c1-6-27(38-31(35)32-17-18-37-29(33)21(2)3)24-19-22(4)28(23(5)20-24)30(34)39(36,25-13-9-7-10-14-25)26-15-11-8-12-16-26/h7-16,19-20,27H,2,6,17-18H2,1,3-5H3,(H,32,35). The van der Waals surface area contributed by atoms with Crippen LogP contribution >= 0.6 is 7.14 Å². The number of aryl methyl sites for hydroxylation is 2. The molecule has 0 aromatic heterocycles. The predicted molar refractivity (Wildman–Crippen MR) is 153 cm³/mol. The third kappa shape index (κ3) is 6.92. The lowest BCUT2D eigenvalue weighted by Gasteiger charge is -2.23. The lowest BCUT2D eigenvalue weighted by atomic mass is 9.96. The Morgan fingerprint density at radius 2 is 1.44 bits per heavy atom. The predicted octanol–water partition coefficient (Wildman–Crippen LogP) is 5.75. The minimum Gasteiger partial charge on any atom is -0.460 e. The van der Waals surface area contributed by atoms with Crippen molar-refractivity contribution in [2.75, 3.05) is 13.2 Å². The van der Waals surface area contributed by atoms with Gasteiger partial charge < -0.3 is 19.4 Å². The Balaban J connectivity index is 1.84. The Kier molecular flexibility index (Phi) is 10.0. The summed E-state index contributed by atoms with van der Waals surface area (Å²) in [5.74, 6) is -0.527. The minimum atomic E-state index is -3.66. The molecule has 0 saturated carbocycles. The van der Waals surface area contributed by atoms with E-state index in [9.17, 15) is 18.9 Å². The topological polar surface area (TPSA) is 98.8 Å². The van der Waals surface area contributed by atoms with Gasteiger partial charge in [-0.2, -0.15) is 0 Å². The van der Waals surface area contributed by atoms with Crippen LogP contribution in [-0.4, -0.2) is 30.7 Å². The van der Waals surface area contributed by atoms with Crippen LogP contribution in [0, 0.1) is 13.8 Å². The number of carbonyl (C=O) groups excluding carboxylic acids is 3. The summed E-state index contributed by atoms with van der Waals surface area (Å²) in [5.41, 5.74) is 2.26. The fourth-order valence-corrected chi connectivity index (χ4v) is 6.93. The van der Waals surface area contributed by atoms with Gasteiger partial charge in [0.05, 0.1) is 6.54 Å². The zero-order chi connectivity index (χ0) is 28.6. The molecule has 0 aliphatic carbocycles. The summed E-state index contributed by atoms with van der Waals surface area (Å²) >= 11 is 0. The van der Waals surface area contributed by atoms with Crippen LogP contribution in [0.3, 0.4) is 0 Å². The molecular weight excluding hydrogens is 513 g/mol. The van der Waals surface area contributed by atoms with Crippen LogP contribution in [0.15, 0.2) is 84.9 Å². The Labute approximate surface area is 229 Å². The van der Waals surface area contributed by atoms with E-state index in [4.69, 9.17) is 9.47 Å². The second-order valence-corrected chi connectivity index (χ2v) is 11.9. The van der Waals surface area contributed by atoms with Gasteiger partial charge in [-0.3, -0.25) is 4.79 Å². The smallest absolute Gasteiger partial charge is 0.407 e. The van der Waals surface area contributed by atoms with Gasteiger partial charge >= 0.3 is 12.1 Å². The van der Waals surface area contributed by atoms with E-state index in [1.807, 2.05) is 19.1 Å². The van der Waals surface area contributed by atoms with Crippen molar-refractivity contribution in [3.05, 3.63) is 107 Å². The monoisotopic (exact) mass is 547 g/mol. The molecule has 1 amide bonds. The Hall–Kier alpha value is -3.96. The molecule has 3 aromatic rings. The second-order valence-electron chi connectivity index (χ2n) is 9.26. The molecular formula is C31H34NO6P. The van der Waals surface area contributed by atoms with Gasteiger partial charge in [0.2, 0.25) is 12.7 Å². The molecule has 1 unspecified atom stereocenters. The number of esters is 1. The van der Waals surface area contributed by atoms with Gasteiger partial charge in [0, 0.05) is 21.7 Å². The average Bonchev–Trinajstić information content (AvgIpc) is 2.93. The Morgan fingerprint density at radius 1 is 0.923 bits per heavy atom. The van der Waals surface area contributed by atoms with Crippen molar-refractivity contribution in [1.29, 1.82) is 0 Å². The fourth-order valence-electron chi connectivity index (χ4n) is 4.32. The van der Waals surface area contributed by atoms with Crippen molar-refractivity contribution in [3.63, 3.8) is 0 Å². The number of hydrogen-bond donors (Lipinski definition) is 1. The normalized spacial score (nSPS) is 11.8.